The highest BCUT2D eigenvalue weighted by Crippen LogP contribution is 2.33. The van der Waals surface area contributed by atoms with Crippen molar-refractivity contribution in [3.63, 3.8) is 0 Å². The van der Waals surface area contributed by atoms with E-state index in [1.807, 2.05) is 35.7 Å². The lowest BCUT2D eigenvalue weighted by atomic mass is 9.98. The van der Waals surface area contributed by atoms with E-state index < -0.39 is 5.82 Å². The first-order chi connectivity index (χ1) is 16.5. The largest absolute Gasteiger partial charge is 0.478 e. The monoisotopic (exact) mass is 476 g/mol. The summed E-state index contributed by atoms with van der Waals surface area (Å²) in [4.78, 5) is 8.93. The maximum atomic E-state index is 13.5. The number of aryl methyl sites for hydroxylation is 1. The molecule has 9 nitrogen and oxygen atoms in total. The van der Waals surface area contributed by atoms with Gasteiger partial charge in [0.15, 0.2) is 5.65 Å². The Labute approximate surface area is 198 Å². The number of aromatic nitrogens is 7. The smallest absolute Gasteiger partial charge is 0.228 e. The zero-order valence-corrected chi connectivity index (χ0v) is 18.7. The zero-order valence-electron chi connectivity index (χ0n) is 18.0. The highest BCUT2D eigenvalue weighted by molar-refractivity contribution is 6.30. The summed E-state index contributed by atoms with van der Waals surface area (Å²) in [6.07, 6.45) is 4.00. The molecule has 0 saturated heterocycles. The first kappa shape index (κ1) is 20.5. The Hall–Kier alpha value is -4.05. The van der Waals surface area contributed by atoms with Crippen molar-refractivity contribution < 1.29 is 9.13 Å². The van der Waals surface area contributed by atoms with Crippen LogP contribution in [0.2, 0.25) is 5.02 Å². The molecular weight excluding hydrogens is 459 g/mol. The average Bonchev–Trinajstić information content (AvgIpc) is 3.45. The van der Waals surface area contributed by atoms with Crippen molar-refractivity contribution in [3.05, 3.63) is 77.1 Å². The Bertz CT molecular complexity index is 1530. The third-order valence-corrected chi connectivity index (χ3v) is 6.06. The second-order valence-corrected chi connectivity index (χ2v) is 8.43. The highest BCUT2D eigenvalue weighted by atomic mass is 35.5. The third-order valence-electron chi connectivity index (χ3n) is 5.77. The molecule has 1 aromatic carbocycles. The second-order valence-electron chi connectivity index (χ2n) is 8.03. The van der Waals surface area contributed by atoms with Crippen LogP contribution in [0.5, 0.6) is 5.88 Å². The van der Waals surface area contributed by atoms with Gasteiger partial charge in [0, 0.05) is 30.9 Å². The summed E-state index contributed by atoms with van der Waals surface area (Å²) in [5, 5.41) is 16.2. The van der Waals surface area contributed by atoms with Gasteiger partial charge in [-0.15, -0.1) is 10.2 Å². The van der Waals surface area contributed by atoms with Gasteiger partial charge in [-0.25, -0.2) is 18.8 Å². The average molecular weight is 477 g/mol. The predicted octanol–water partition coefficient (Wildman–Crippen LogP) is 4.17. The minimum atomic E-state index is -0.434. The van der Waals surface area contributed by atoms with Gasteiger partial charge in [-0.1, -0.05) is 17.7 Å². The van der Waals surface area contributed by atoms with Crippen LogP contribution in [0, 0.1) is 5.82 Å². The van der Waals surface area contributed by atoms with E-state index in [2.05, 4.69) is 30.6 Å². The van der Waals surface area contributed by atoms with Crippen molar-refractivity contribution in [2.45, 2.75) is 12.3 Å². The topological polar surface area (TPSA) is 95.1 Å². The normalized spacial score (nSPS) is 14.9. The minimum Gasteiger partial charge on any atom is -0.478 e. The van der Waals surface area contributed by atoms with Gasteiger partial charge in [-0.3, -0.25) is 4.68 Å². The van der Waals surface area contributed by atoms with E-state index in [9.17, 15) is 4.39 Å². The van der Waals surface area contributed by atoms with Crippen molar-refractivity contribution in [1.29, 1.82) is 0 Å². The van der Waals surface area contributed by atoms with Crippen LogP contribution in [0.3, 0.4) is 0 Å². The Balaban J connectivity index is 1.31. The van der Waals surface area contributed by atoms with E-state index >= 15 is 0 Å². The number of nitrogens with zero attached hydrogens (tertiary/aromatic N) is 7. The SMILES string of the molecule is Cn1nccc1Nc1nccc(-c2cc3n4c(nnc4c2)[C@@H](Cc2ccc(F)c(Cl)c2)CO3)n1. The number of ether oxygens (including phenoxy) is 1. The van der Waals surface area contributed by atoms with Gasteiger partial charge in [-0.05, 0) is 36.2 Å². The summed E-state index contributed by atoms with van der Waals surface area (Å²) >= 11 is 5.95. The van der Waals surface area contributed by atoms with Crippen LogP contribution >= 0.6 is 11.6 Å². The van der Waals surface area contributed by atoms with Crippen molar-refractivity contribution in [3.8, 4) is 17.1 Å². The van der Waals surface area contributed by atoms with Gasteiger partial charge < -0.3 is 10.1 Å². The van der Waals surface area contributed by atoms with E-state index in [1.165, 1.54) is 6.07 Å². The summed E-state index contributed by atoms with van der Waals surface area (Å²) in [6.45, 7) is 0.420. The molecule has 1 aliphatic rings. The molecule has 0 aliphatic carbocycles. The number of halogens is 2. The fraction of sp³-hybridized carbons (Fsp3) is 0.174. The number of nitrogens with one attached hydrogen (secondary N) is 1. The molecular formula is C23H18ClFN8O. The lowest BCUT2D eigenvalue weighted by Gasteiger charge is -2.23. The third kappa shape index (κ3) is 3.61. The molecule has 0 fully saturated rings. The molecule has 0 unspecified atom stereocenters. The minimum absolute atomic E-state index is 0.0383. The molecule has 5 aromatic rings. The van der Waals surface area contributed by atoms with E-state index in [0.29, 0.717) is 30.5 Å². The first-order valence-electron chi connectivity index (χ1n) is 10.6. The van der Waals surface area contributed by atoms with Crippen LogP contribution < -0.4 is 10.1 Å². The molecule has 34 heavy (non-hydrogen) atoms. The summed E-state index contributed by atoms with van der Waals surface area (Å²) < 4.78 is 23.2. The fourth-order valence-corrected chi connectivity index (χ4v) is 4.28. The Morgan fingerprint density at radius 1 is 1.15 bits per heavy atom. The van der Waals surface area contributed by atoms with Crippen LogP contribution in [0.1, 0.15) is 17.3 Å². The summed E-state index contributed by atoms with van der Waals surface area (Å²) in [5.41, 5.74) is 3.12. The first-order valence-corrected chi connectivity index (χ1v) is 11.0. The molecule has 1 N–H and O–H groups in total. The molecule has 5 heterocycles. The number of benzene rings is 1. The molecule has 1 aliphatic heterocycles. The standard InChI is InChI=1S/C23H18ClFN8O/c1-32-19(5-7-27-32)29-23-26-6-4-18(28-23)14-10-20-30-31-22-15(12-34-21(11-14)33(20)22)8-13-2-3-17(25)16(24)9-13/h2-7,9-11,15H,8,12H2,1H3,(H,26,28,29)/t15-/m0/s1. The van der Waals surface area contributed by atoms with Crippen molar-refractivity contribution in [1.82, 2.24) is 34.3 Å². The zero-order chi connectivity index (χ0) is 23.2. The number of pyridine rings is 1. The Morgan fingerprint density at radius 2 is 2.06 bits per heavy atom. The number of hydrogen-bond donors (Lipinski definition) is 1. The fourth-order valence-electron chi connectivity index (χ4n) is 4.08. The molecule has 0 spiro atoms. The summed E-state index contributed by atoms with van der Waals surface area (Å²) in [6, 6.07) is 12.2. The van der Waals surface area contributed by atoms with E-state index in [-0.39, 0.29) is 10.9 Å². The van der Waals surface area contributed by atoms with Gasteiger partial charge >= 0.3 is 0 Å². The van der Waals surface area contributed by atoms with Gasteiger partial charge in [0.25, 0.3) is 0 Å². The molecule has 0 saturated carbocycles. The lowest BCUT2D eigenvalue weighted by molar-refractivity contribution is 0.245. The van der Waals surface area contributed by atoms with Crippen LogP contribution in [-0.2, 0) is 13.5 Å². The van der Waals surface area contributed by atoms with Gasteiger partial charge in [-0.2, -0.15) is 5.10 Å². The molecule has 170 valence electrons. The maximum Gasteiger partial charge on any atom is 0.228 e. The summed E-state index contributed by atoms with van der Waals surface area (Å²) in [5.74, 6) is 2.20. The molecule has 0 amide bonds. The molecule has 11 heteroatoms. The Morgan fingerprint density at radius 3 is 2.88 bits per heavy atom. The molecule has 0 radical (unpaired) electrons. The predicted molar refractivity (Wildman–Crippen MR) is 124 cm³/mol. The van der Waals surface area contributed by atoms with Crippen LogP contribution in [0.25, 0.3) is 16.9 Å². The second kappa shape index (κ2) is 8.07. The molecule has 0 bridgehead atoms. The van der Waals surface area contributed by atoms with Gasteiger partial charge in [0.2, 0.25) is 11.8 Å². The Kier molecular flexibility index (Phi) is 4.88. The summed E-state index contributed by atoms with van der Waals surface area (Å²) in [7, 11) is 1.84. The van der Waals surface area contributed by atoms with Gasteiger partial charge in [0.1, 0.15) is 24.1 Å². The van der Waals surface area contributed by atoms with Crippen molar-refractivity contribution >= 4 is 29.0 Å². The lowest BCUT2D eigenvalue weighted by Crippen LogP contribution is -2.22. The van der Waals surface area contributed by atoms with E-state index in [1.54, 1.807) is 29.2 Å². The van der Waals surface area contributed by atoms with Crippen molar-refractivity contribution in [2.24, 2.45) is 7.05 Å². The highest BCUT2D eigenvalue weighted by Gasteiger charge is 2.27. The van der Waals surface area contributed by atoms with Crippen molar-refractivity contribution in [2.75, 3.05) is 11.9 Å². The molecule has 4 aromatic heterocycles. The van der Waals surface area contributed by atoms with Crippen LogP contribution in [0.4, 0.5) is 16.2 Å². The van der Waals surface area contributed by atoms with E-state index in [4.69, 9.17) is 16.3 Å². The molecule has 1 atom stereocenters. The van der Waals surface area contributed by atoms with Crippen LogP contribution in [0.15, 0.2) is 54.9 Å². The number of anilines is 2. The van der Waals surface area contributed by atoms with Gasteiger partial charge in [0.05, 0.1) is 22.8 Å². The van der Waals surface area contributed by atoms with E-state index in [0.717, 1.165) is 28.5 Å². The number of rotatable bonds is 5. The van der Waals surface area contributed by atoms with Crippen LogP contribution in [-0.4, -0.2) is 41.0 Å². The molecule has 6 rings (SSSR count). The maximum absolute atomic E-state index is 13.5. The number of hydrogen-bond acceptors (Lipinski definition) is 7. The quantitative estimate of drug-likeness (QED) is 0.406.